The summed E-state index contributed by atoms with van der Waals surface area (Å²) in [5.41, 5.74) is 2.72. The zero-order valence-electron chi connectivity index (χ0n) is 19.5. The average Bonchev–Trinajstić information content (AvgIpc) is 2.73. The van der Waals surface area contributed by atoms with Crippen LogP contribution in [-0.2, 0) is 17.6 Å². The number of rotatable bonds is 18. The summed E-state index contributed by atoms with van der Waals surface area (Å²) in [6.07, 6.45) is 14.2. The quantitative estimate of drug-likeness (QED) is 0.231. The van der Waals surface area contributed by atoms with Crippen molar-refractivity contribution in [1.29, 1.82) is 0 Å². The Balaban J connectivity index is 2.71. The number of aromatic hydroxyl groups is 1. The van der Waals surface area contributed by atoms with Crippen molar-refractivity contribution in [2.24, 2.45) is 0 Å². The van der Waals surface area contributed by atoms with Crippen molar-refractivity contribution in [3.8, 4) is 5.75 Å². The lowest BCUT2D eigenvalue weighted by Crippen LogP contribution is -2.14. The molecule has 0 spiro atoms. The highest BCUT2D eigenvalue weighted by Gasteiger charge is 2.22. The highest BCUT2D eigenvalue weighted by atomic mass is 32.2. The van der Waals surface area contributed by atoms with Gasteiger partial charge in [0.2, 0.25) is 0 Å². The van der Waals surface area contributed by atoms with Gasteiger partial charge in [-0.1, -0.05) is 77.8 Å². The van der Waals surface area contributed by atoms with E-state index >= 15 is 0 Å². The van der Waals surface area contributed by atoms with E-state index in [0.717, 1.165) is 66.7 Å². The van der Waals surface area contributed by atoms with Crippen molar-refractivity contribution >= 4 is 17.7 Å². The molecule has 1 aromatic carbocycles. The Hall–Kier alpha value is -1.16. The number of carboxylic acid groups (broad SMARTS) is 1. The first-order chi connectivity index (χ1) is 14.5. The number of phenolic OH excluding ortho intramolecular Hbond substituents is 1. The van der Waals surface area contributed by atoms with E-state index in [-0.39, 0.29) is 0 Å². The zero-order chi connectivity index (χ0) is 22.2. The lowest BCUT2D eigenvalue weighted by atomic mass is 9.89. The second kappa shape index (κ2) is 16.5. The third kappa shape index (κ3) is 10.2. The third-order valence-corrected chi connectivity index (χ3v) is 6.88. The number of aliphatic carboxylic acids is 1. The van der Waals surface area contributed by atoms with Crippen molar-refractivity contribution < 1.29 is 15.0 Å². The molecule has 0 saturated carbocycles. The topological polar surface area (TPSA) is 57.5 Å². The Morgan fingerprint density at radius 2 is 1.37 bits per heavy atom. The first kappa shape index (κ1) is 26.9. The second-order valence-electron chi connectivity index (χ2n) is 8.45. The fourth-order valence-electron chi connectivity index (χ4n) is 3.82. The lowest BCUT2D eigenvalue weighted by Gasteiger charge is -2.18. The van der Waals surface area contributed by atoms with Gasteiger partial charge < -0.3 is 10.2 Å². The van der Waals surface area contributed by atoms with Crippen LogP contribution in [0.15, 0.2) is 12.1 Å². The maximum absolute atomic E-state index is 12.0. The van der Waals surface area contributed by atoms with Crippen LogP contribution in [0.5, 0.6) is 5.75 Å². The van der Waals surface area contributed by atoms with Crippen LogP contribution in [0.2, 0.25) is 0 Å². The second-order valence-corrected chi connectivity index (χ2v) is 9.68. The predicted molar refractivity (Wildman–Crippen MR) is 131 cm³/mol. The van der Waals surface area contributed by atoms with Gasteiger partial charge in [-0.05, 0) is 66.7 Å². The van der Waals surface area contributed by atoms with Crippen LogP contribution in [0.25, 0.3) is 0 Å². The number of carbonyl (C=O) groups is 1. The maximum Gasteiger partial charge on any atom is 0.311 e. The van der Waals surface area contributed by atoms with Gasteiger partial charge in [0.15, 0.2) is 0 Å². The van der Waals surface area contributed by atoms with E-state index in [1.54, 1.807) is 0 Å². The molecule has 0 heterocycles. The lowest BCUT2D eigenvalue weighted by molar-refractivity contribution is -0.138. The Morgan fingerprint density at radius 3 is 1.90 bits per heavy atom. The molecule has 0 radical (unpaired) electrons. The minimum Gasteiger partial charge on any atom is -0.507 e. The Morgan fingerprint density at radius 1 is 0.833 bits per heavy atom. The van der Waals surface area contributed by atoms with Crippen molar-refractivity contribution in [2.75, 3.05) is 11.5 Å². The van der Waals surface area contributed by atoms with Gasteiger partial charge in [-0.3, -0.25) is 4.79 Å². The Kier molecular flexibility index (Phi) is 14.8. The van der Waals surface area contributed by atoms with Crippen LogP contribution in [-0.4, -0.2) is 27.7 Å². The molecule has 0 bridgehead atoms. The van der Waals surface area contributed by atoms with Gasteiger partial charge in [0.25, 0.3) is 0 Å². The van der Waals surface area contributed by atoms with E-state index < -0.39 is 11.9 Å². The predicted octanol–water partition coefficient (Wildman–Crippen LogP) is 7.73. The van der Waals surface area contributed by atoms with Gasteiger partial charge in [-0.2, -0.15) is 11.8 Å². The first-order valence-corrected chi connectivity index (χ1v) is 13.4. The molecule has 1 unspecified atom stereocenters. The molecule has 0 aromatic heterocycles. The molecule has 3 nitrogen and oxygen atoms in total. The number of hydrogen-bond donors (Lipinski definition) is 2. The maximum atomic E-state index is 12.0. The summed E-state index contributed by atoms with van der Waals surface area (Å²) >= 11 is 1.88. The van der Waals surface area contributed by atoms with Gasteiger partial charge in [0.05, 0.1) is 5.92 Å². The molecule has 1 aromatic rings. The monoisotopic (exact) mass is 436 g/mol. The van der Waals surface area contributed by atoms with Crippen molar-refractivity contribution in [3.05, 3.63) is 28.8 Å². The fraction of sp³-hybridized carbons (Fsp3) is 0.731. The summed E-state index contributed by atoms with van der Waals surface area (Å²) in [6.45, 7) is 6.52. The summed E-state index contributed by atoms with van der Waals surface area (Å²) in [4.78, 5) is 12.0. The zero-order valence-corrected chi connectivity index (χ0v) is 20.4. The molecular formula is C26H44O3S. The number of carboxylic acids is 1. The first-order valence-electron chi connectivity index (χ1n) is 12.2. The summed E-state index contributed by atoms with van der Waals surface area (Å²) in [6, 6.07) is 3.91. The van der Waals surface area contributed by atoms with Crippen LogP contribution < -0.4 is 0 Å². The molecule has 0 aliphatic rings. The number of hydrogen-bond acceptors (Lipinski definition) is 3. The molecule has 30 heavy (non-hydrogen) atoms. The third-order valence-electron chi connectivity index (χ3n) is 5.78. The molecule has 0 aliphatic heterocycles. The van der Waals surface area contributed by atoms with Gasteiger partial charge in [0, 0.05) is 0 Å². The van der Waals surface area contributed by atoms with Crippen molar-refractivity contribution in [2.45, 2.75) is 110 Å². The summed E-state index contributed by atoms with van der Waals surface area (Å²) in [5.74, 6) is 1.16. The van der Waals surface area contributed by atoms with Gasteiger partial charge in [-0.25, -0.2) is 0 Å². The average molecular weight is 437 g/mol. The number of aryl methyl sites for hydroxylation is 2. The molecule has 2 N–H and O–H groups in total. The minimum atomic E-state index is -0.747. The van der Waals surface area contributed by atoms with Crippen LogP contribution in [0.3, 0.4) is 0 Å². The normalized spacial score (nSPS) is 12.2. The largest absolute Gasteiger partial charge is 0.507 e. The molecule has 0 aliphatic carbocycles. The summed E-state index contributed by atoms with van der Waals surface area (Å²) < 4.78 is 0. The van der Waals surface area contributed by atoms with Crippen molar-refractivity contribution in [3.63, 3.8) is 0 Å². The Bertz CT molecular complexity index is 571. The SMILES string of the molecule is CCCCCCCCSCCC(C(=O)O)c1cc(CCCC)c(O)c(CCCC)c1. The molecule has 1 atom stereocenters. The van der Waals surface area contributed by atoms with Crippen molar-refractivity contribution in [1.82, 2.24) is 0 Å². The molecule has 0 amide bonds. The van der Waals surface area contributed by atoms with Gasteiger partial charge in [0.1, 0.15) is 5.75 Å². The Labute approximate surface area is 189 Å². The number of unbranched alkanes of at least 4 members (excludes halogenated alkanes) is 7. The molecule has 172 valence electrons. The molecule has 0 fully saturated rings. The molecule has 0 saturated heterocycles. The fourth-order valence-corrected chi connectivity index (χ4v) is 4.84. The van der Waals surface area contributed by atoms with E-state index in [1.165, 1.54) is 38.5 Å². The van der Waals surface area contributed by atoms with E-state index in [9.17, 15) is 15.0 Å². The van der Waals surface area contributed by atoms with Gasteiger partial charge >= 0.3 is 5.97 Å². The van der Waals surface area contributed by atoms with E-state index in [2.05, 4.69) is 20.8 Å². The van der Waals surface area contributed by atoms with E-state index in [0.29, 0.717) is 12.2 Å². The summed E-state index contributed by atoms with van der Waals surface area (Å²) in [7, 11) is 0. The van der Waals surface area contributed by atoms with Crippen LogP contribution in [0.4, 0.5) is 0 Å². The van der Waals surface area contributed by atoms with Gasteiger partial charge in [-0.15, -0.1) is 0 Å². The van der Waals surface area contributed by atoms with E-state index in [1.807, 2.05) is 23.9 Å². The smallest absolute Gasteiger partial charge is 0.311 e. The highest BCUT2D eigenvalue weighted by Crippen LogP contribution is 2.32. The van der Waals surface area contributed by atoms with E-state index in [4.69, 9.17) is 0 Å². The number of benzene rings is 1. The number of phenols is 1. The van der Waals surface area contributed by atoms with Crippen LogP contribution in [0.1, 0.15) is 114 Å². The molecule has 1 rings (SSSR count). The minimum absolute atomic E-state index is 0.391. The van der Waals surface area contributed by atoms with Crippen LogP contribution >= 0.6 is 11.8 Å². The molecule has 4 heteroatoms. The highest BCUT2D eigenvalue weighted by molar-refractivity contribution is 7.99. The standard InChI is InChI=1S/C26H44O3S/c1-4-7-10-11-12-13-17-30-18-16-24(26(28)29)23-19-21(14-8-5-2)25(27)22(20-23)15-9-6-3/h19-20,24,27H,4-18H2,1-3H3,(H,28,29). The summed E-state index contributed by atoms with van der Waals surface area (Å²) in [5, 5.41) is 20.6. The number of thioether (sulfide) groups is 1. The van der Waals surface area contributed by atoms with Crippen LogP contribution in [0, 0.1) is 0 Å². The molecular weight excluding hydrogens is 392 g/mol.